The lowest BCUT2D eigenvalue weighted by molar-refractivity contribution is 0.0767. The Morgan fingerprint density at radius 1 is 1.41 bits per heavy atom. The summed E-state index contributed by atoms with van der Waals surface area (Å²) in [5.74, 6) is 0. The zero-order valence-corrected chi connectivity index (χ0v) is 12.8. The average Bonchev–Trinajstić information content (AvgIpc) is 2.75. The van der Waals surface area contributed by atoms with Crippen LogP contribution in [0.5, 0.6) is 0 Å². The van der Waals surface area contributed by atoms with E-state index in [1.807, 2.05) is 11.3 Å². The zero-order chi connectivity index (χ0) is 12.3. The van der Waals surface area contributed by atoms with Gasteiger partial charge in [-0.05, 0) is 41.9 Å². The van der Waals surface area contributed by atoms with Gasteiger partial charge in [0, 0.05) is 33.4 Å². The Morgan fingerprint density at radius 2 is 2.12 bits per heavy atom. The molecule has 1 aromatic heterocycles. The van der Waals surface area contributed by atoms with Gasteiger partial charge >= 0.3 is 0 Å². The Morgan fingerprint density at radius 3 is 2.65 bits per heavy atom. The number of halogens is 1. The molecule has 96 valence electrons. The molecule has 1 aromatic rings. The van der Waals surface area contributed by atoms with Gasteiger partial charge in [-0.1, -0.05) is 19.3 Å². The Balaban J connectivity index is 2.04. The normalized spacial score (nSPS) is 19.8. The monoisotopic (exact) mass is 316 g/mol. The van der Waals surface area contributed by atoms with E-state index in [9.17, 15) is 0 Å². The van der Waals surface area contributed by atoms with Crippen molar-refractivity contribution < 1.29 is 0 Å². The van der Waals surface area contributed by atoms with Crippen LogP contribution in [0.15, 0.2) is 15.9 Å². The topological polar surface area (TPSA) is 29.3 Å². The maximum atomic E-state index is 6.05. The molecule has 1 fully saturated rings. The first-order chi connectivity index (χ1) is 8.16. The van der Waals surface area contributed by atoms with Crippen molar-refractivity contribution in [3.05, 3.63) is 20.8 Å². The van der Waals surface area contributed by atoms with Crippen LogP contribution in [-0.4, -0.2) is 24.0 Å². The average molecular weight is 317 g/mol. The molecular weight excluding hydrogens is 296 g/mol. The van der Waals surface area contributed by atoms with Crippen molar-refractivity contribution in [3.63, 3.8) is 0 Å². The number of nitrogens with two attached hydrogens (primary N) is 1. The van der Waals surface area contributed by atoms with Crippen molar-refractivity contribution in [3.8, 4) is 0 Å². The van der Waals surface area contributed by atoms with Crippen molar-refractivity contribution in [2.75, 3.05) is 13.6 Å². The van der Waals surface area contributed by atoms with Gasteiger partial charge in [0.15, 0.2) is 0 Å². The molecule has 0 saturated heterocycles. The quantitative estimate of drug-likeness (QED) is 0.919. The molecule has 4 heteroatoms. The minimum absolute atomic E-state index is 0.245. The van der Waals surface area contributed by atoms with E-state index < -0.39 is 0 Å². The molecule has 0 aliphatic heterocycles. The van der Waals surface area contributed by atoms with Crippen LogP contribution in [0.1, 0.15) is 37.0 Å². The fourth-order valence-electron chi connectivity index (χ4n) is 2.79. The number of likely N-dealkylation sites (N-methyl/N-ethyl adjacent to an activating group) is 1. The first kappa shape index (κ1) is 13.5. The van der Waals surface area contributed by atoms with Gasteiger partial charge in [0.05, 0.1) is 0 Å². The summed E-state index contributed by atoms with van der Waals surface area (Å²) in [6, 6.07) is 2.22. The smallest absolute Gasteiger partial charge is 0.0332 e. The van der Waals surface area contributed by atoms with Gasteiger partial charge in [-0.3, -0.25) is 4.90 Å². The van der Waals surface area contributed by atoms with Crippen molar-refractivity contribution in [1.29, 1.82) is 0 Å². The summed E-state index contributed by atoms with van der Waals surface area (Å²) in [6.45, 7) is 1.81. The first-order valence-electron chi connectivity index (χ1n) is 6.30. The van der Waals surface area contributed by atoms with E-state index >= 15 is 0 Å². The van der Waals surface area contributed by atoms with Crippen molar-refractivity contribution in [2.24, 2.45) is 5.73 Å². The van der Waals surface area contributed by atoms with Gasteiger partial charge in [-0.25, -0.2) is 0 Å². The Bertz CT molecular complexity index is 358. The van der Waals surface area contributed by atoms with Crippen molar-refractivity contribution >= 4 is 27.3 Å². The SMILES string of the molecule is CN(Cc1cc(Br)cs1)C1(CN)CCCCC1. The molecule has 1 aliphatic rings. The van der Waals surface area contributed by atoms with Crippen LogP contribution in [-0.2, 0) is 6.54 Å². The summed E-state index contributed by atoms with van der Waals surface area (Å²) in [6.07, 6.45) is 6.55. The molecule has 1 saturated carbocycles. The number of hydrogen-bond acceptors (Lipinski definition) is 3. The van der Waals surface area contributed by atoms with Crippen molar-refractivity contribution in [2.45, 2.75) is 44.2 Å². The first-order valence-corrected chi connectivity index (χ1v) is 7.98. The summed E-state index contributed by atoms with van der Waals surface area (Å²) >= 11 is 5.34. The minimum Gasteiger partial charge on any atom is -0.329 e. The molecule has 0 unspecified atom stereocenters. The van der Waals surface area contributed by atoms with Gasteiger partial charge in [0.1, 0.15) is 0 Å². The van der Waals surface area contributed by atoms with Gasteiger partial charge in [0.25, 0.3) is 0 Å². The third-order valence-corrected chi connectivity index (χ3v) is 5.67. The highest BCUT2D eigenvalue weighted by Crippen LogP contribution is 2.33. The van der Waals surface area contributed by atoms with Crippen LogP contribution in [0.3, 0.4) is 0 Å². The summed E-state index contributed by atoms with van der Waals surface area (Å²) in [4.78, 5) is 3.89. The highest BCUT2D eigenvalue weighted by atomic mass is 79.9. The summed E-state index contributed by atoms with van der Waals surface area (Å²) in [5.41, 5.74) is 6.30. The van der Waals surface area contributed by atoms with Crippen LogP contribution >= 0.6 is 27.3 Å². The second-order valence-electron chi connectivity index (χ2n) is 5.08. The van der Waals surface area contributed by atoms with E-state index in [0.29, 0.717) is 0 Å². The molecule has 0 radical (unpaired) electrons. The second kappa shape index (κ2) is 5.83. The van der Waals surface area contributed by atoms with Gasteiger partial charge < -0.3 is 5.73 Å². The molecular formula is C13H21BrN2S. The lowest BCUT2D eigenvalue weighted by atomic mass is 9.80. The minimum atomic E-state index is 0.245. The number of thiophene rings is 1. The molecule has 0 bridgehead atoms. The van der Waals surface area contributed by atoms with Gasteiger partial charge in [0.2, 0.25) is 0 Å². The van der Waals surface area contributed by atoms with Gasteiger partial charge in [-0.15, -0.1) is 11.3 Å². The Labute approximate surface area is 116 Å². The lowest BCUT2D eigenvalue weighted by Crippen LogP contribution is -2.52. The van der Waals surface area contributed by atoms with E-state index in [2.05, 4.69) is 39.3 Å². The van der Waals surface area contributed by atoms with Crippen LogP contribution in [0, 0.1) is 0 Å². The molecule has 0 aromatic carbocycles. The number of nitrogens with zero attached hydrogens (tertiary/aromatic N) is 1. The van der Waals surface area contributed by atoms with Crippen LogP contribution in [0.25, 0.3) is 0 Å². The molecule has 1 heterocycles. The van der Waals surface area contributed by atoms with Crippen LogP contribution in [0.2, 0.25) is 0 Å². The predicted molar refractivity (Wildman–Crippen MR) is 78.4 cm³/mol. The van der Waals surface area contributed by atoms with Gasteiger partial charge in [-0.2, -0.15) is 0 Å². The lowest BCUT2D eigenvalue weighted by Gasteiger charge is -2.44. The number of rotatable bonds is 4. The molecule has 0 amide bonds. The fraction of sp³-hybridized carbons (Fsp3) is 0.692. The van der Waals surface area contributed by atoms with Crippen LogP contribution < -0.4 is 5.73 Å². The molecule has 17 heavy (non-hydrogen) atoms. The molecule has 2 rings (SSSR count). The predicted octanol–water partition coefficient (Wildman–Crippen LogP) is 3.60. The van der Waals surface area contributed by atoms with Crippen molar-refractivity contribution in [1.82, 2.24) is 4.90 Å². The molecule has 0 atom stereocenters. The number of hydrogen-bond donors (Lipinski definition) is 1. The maximum Gasteiger partial charge on any atom is 0.0332 e. The Hall–Kier alpha value is 0.1000. The molecule has 0 spiro atoms. The van der Waals surface area contributed by atoms with E-state index in [-0.39, 0.29) is 5.54 Å². The maximum absolute atomic E-state index is 6.05. The largest absolute Gasteiger partial charge is 0.329 e. The highest BCUT2D eigenvalue weighted by molar-refractivity contribution is 9.10. The van der Waals surface area contributed by atoms with E-state index in [1.165, 1.54) is 41.5 Å². The Kier molecular flexibility index (Phi) is 4.64. The summed E-state index contributed by atoms with van der Waals surface area (Å²) in [5, 5.41) is 2.15. The zero-order valence-electron chi connectivity index (χ0n) is 10.4. The van der Waals surface area contributed by atoms with E-state index in [4.69, 9.17) is 5.73 Å². The van der Waals surface area contributed by atoms with E-state index in [0.717, 1.165) is 13.1 Å². The highest BCUT2D eigenvalue weighted by Gasteiger charge is 2.34. The molecule has 1 aliphatic carbocycles. The third kappa shape index (κ3) is 3.11. The van der Waals surface area contributed by atoms with E-state index in [1.54, 1.807) is 0 Å². The standard InChI is InChI=1S/C13H21BrN2S/c1-16(8-12-7-11(14)9-17-12)13(10-15)5-3-2-4-6-13/h7,9H,2-6,8,10,15H2,1H3. The third-order valence-electron chi connectivity index (χ3n) is 3.99. The second-order valence-corrected chi connectivity index (χ2v) is 6.99. The summed E-state index contributed by atoms with van der Waals surface area (Å²) < 4.78 is 1.19. The summed E-state index contributed by atoms with van der Waals surface area (Å²) in [7, 11) is 2.23. The molecule has 2 nitrogen and oxygen atoms in total. The fourth-order valence-corrected chi connectivity index (χ4v) is 4.29. The van der Waals surface area contributed by atoms with Crippen LogP contribution in [0.4, 0.5) is 0 Å². The molecule has 2 N–H and O–H groups in total.